The average Bonchev–Trinajstić information content (AvgIpc) is 2.90. The van der Waals surface area contributed by atoms with Crippen LogP contribution in [0.25, 0.3) is 0 Å². The molecule has 0 aliphatic carbocycles. The smallest absolute Gasteiger partial charge is 0.264 e. The molecule has 38 heavy (non-hydrogen) atoms. The molecule has 1 atom stereocenters. The van der Waals surface area contributed by atoms with Crippen molar-refractivity contribution in [1.29, 1.82) is 0 Å². The number of nitrogens with one attached hydrogen (secondary N) is 1. The summed E-state index contributed by atoms with van der Waals surface area (Å²) in [5.74, 6) is -0.718. The minimum absolute atomic E-state index is 0.0900. The fraction of sp³-hybridized carbons (Fsp3) is 0.333. The summed E-state index contributed by atoms with van der Waals surface area (Å²) in [4.78, 5) is 28.6. The first-order valence-electron chi connectivity index (χ1n) is 12.9. The molecule has 0 fully saturated rings. The van der Waals surface area contributed by atoms with Crippen molar-refractivity contribution in [2.75, 3.05) is 17.4 Å². The van der Waals surface area contributed by atoms with Crippen molar-refractivity contribution >= 4 is 27.5 Å². The molecule has 7 nitrogen and oxygen atoms in total. The van der Waals surface area contributed by atoms with Crippen molar-refractivity contribution in [1.82, 2.24) is 10.2 Å². The van der Waals surface area contributed by atoms with Crippen molar-refractivity contribution in [2.24, 2.45) is 0 Å². The lowest BCUT2D eigenvalue weighted by molar-refractivity contribution is -0.140. The summed E-state index contributed by atoms with van der Waals surface area (Å²) >= 11 is 0. The van der Waals surface area contributed by atoms with Gasteiger partial charge in [-0.3, -0.25) is 13.9 Å². The quantitative estimate of drug-likeness (QED) is 0.384. The number of nitrogens with zero attached hydrogens (tertiary/aromatic N) is 2. The number of sulfonamides is 1. The van der Waals surface area contributed by atoms with Crippen LogP contribution in [0.2, 0.25) is 0 Å². The maximum Gasteiger partial charge on any atom is 0.264 e. The summed E-state index contributed by atoms with van der Waals surface area (Å²) in [6.07, 6.45) is 0.387. The van der Waals surface area contributed by atoms with Crippen molar-refractivity contribution in [3.63, 3.8) is 0 Å². The molecule has 202 valence electrons. The molecule has 0 aromatic heterocycles. The van der Waals surface area contributed by atoms with Gasteiger partial charge in [0.1, 0.15) is 12.6 Å². The van der Waals surface area contributed by atoms with E-state index < -0.39 is 28.5 Å². The van der Waals surface area contributed by atoms with Crippen LogP contribution in [0.5, 0.6) is 0 Å². The van der Waals surface area contributed by atoms with E-state index in [9.17, 15) is 18.0 Å². The zero-order valence-electron chi connectivity index (χ0n) is 22.8. The molecule has 0 saturated heterocycles. The molecule has 0 aliphatic rings. The summed E-state index contributed by atoms with van der Waals surface area (Å²) in [5.41, 5.74) is 4.20. The van der Waals surface area contributed by atoms with Gasteiger partial charge in [-0.1, -0.05) is 55.5 Å². The Labute approximate surface area is 226 Å². The van der Waals surface area contributed by atoms with Gasteiger partial charge in [0.15, 0.2) is 0 Å². The van der Waals surface area contributed by atoms with Gasteiger partial charge >= 0.3 is 0 Å². The first kappa shape index (κ1) is 28.9. The van der Waals surface area contributed by atoms with Crippen molar-refractivity contribution in [3.05, 3.63) is 95.1 Å². The number of rotatable bonds is 11. The number of hydrogen-bond donors (Lipinski definition) is 1. The van der Waals surface area contributed by atoms with Gasteiger partial charge < -0.3 is 10.2 Å². The van der Waals surface area contributed by atoms with Gasteiger partial charge in [0, 0.05) is 13.1 Å². The Kier molecular flexibility index (Phi) is 9.69. The molecule has 1 unspecified atom stereocenters. The lowest BCUT2D eigenvalue weighted by Crippen LogP contribution is -2.52. The van der Waals surface area contributed by atoms with Crippen LogP contribution in [-0.2, 0) is 26.2 Å². The Morgan fingerprint density at radius 1 is 0.842 bits per heavy atom. The van der Waals surface area contributed by atoms with E-state index in [1.54, 1.807) is 30.3 Å². The van der Waals surface area contributed by atoms with E-state index in [0.29, 0.717) is 18.7 Å². The lowest BCUT2D eigenvalue weighted by atomic mass is 10.1. The fourth-order valence-corrected chi connectivity index (χ4v) is 5.74. The van der Waals surface area contributed by atoms with E-state index in [0.717, 1.165) is 26.6 Å². The van der Waals surface area contributed by atoms with Gasteiger partial charge in [0.05, 0.1) is 10.6 Å². The zero-order valence-corrected chi connectivity index (χ0v) is 23.6. The highest BCUT2D eigenvalue weighted by molar-refractivity contribution is 7.92. The molecular weight excluding hydrogens is 498 g/mol. The third-order valence-corrected chi connectivity index (χ3v) is 8.52. The van der Waals surface area contributed by atoms with Crippen LogP contribution in [-0.4, -0.2) is 44.3 Å². The highest BCUT2D eigenvalue weighted by Gasteiger charge is 2.33. The number of aryl methyl sites for hydroxylation is 3. The standard InChI is InChI=1S/C30H37N3O4S/c1-6-28(30(35)31-7-2)32(20-25-14-12-11-13-23(25)4)29(34)21-33(26-18-17-22(3)24(5)19-26)38(36,37)27-15-9-8-10-16-27/h8-19,28H,6-7,20-21H2,1-5H3,(H,31,35). The van der Waals surface area contributed by atoms with Crippen molar-refractivity contribution in [2.45, 2.75) is 58.5 Å². The molecule has 3 rings (SSSR count). The number of amides is 2. The SMILES string of the molecule is CCNC(=O)C(CC)N(Cc1ccccc1C)C(=O)CN(c1ccc(C)c(C)c1)S(=O)(=O)c1ccccc1. The van der Waals surface area contributed by atoms with E-state index in [-0.39, 0.29) is 17.3 Å². The van der Waals surface area contributed by atoms with Gasteiger partial charge in [-0.05, 0) is 80.6 Å². The van der Waals surface area contributed by atoms with Gasteiger partial charge in [-0.25, -0.2) is 8.42 Å². The van der Waals surface area contributed by atoms with Crippen LogP contribution in [0.15, 0.2) is 77.7 Å². The lowest BCUT2D eigenvalue weighted by Gasteiger charge is -2.33. The van der Waals surface area contributed by atoms with Crippen molar-refractivity contribution in [3.8, 4) is 0 Å². The minimum atomic E-state index is -4.07. The number of carbonyl (C=O) groups excluding carboxylic acids is 2. The number of benzene rings is 3. The predicted octanol–water partition coefficient (Wildman–Crippen LogP) is 4.75. The van der Waals surface area contributed by atoms with Gasteiger partial charge in [0.25, 0.3) is 10.0 Å². The highest BCUT2D eigenvalue weighted by atomic mass is 32.2. The number of carbonyl (C=O) groups is 2. The molecule has 3 aromatic rings. The summed E-state index contributed by atoms with van der Waals surface area (Å²) in [6.45, 7) is 9.65. The summed E-state index contributed by atoms with van der Waals surface area (Å²) in [7, 11) is -4.07. The molecule has 0 spiro atoms. The fourth-order valence-electron chi connectivity index (χ4n) is 4.31. The van der Waals surface area contributed by atoms with Crippen LogP contribution in [0, 0.1) is 20.8 Å². The van der Waals surface area contributed by atoms with Crippen molar-refractivity contribution < 1.29 is 18.0 Å². The normalized spacial score (nSPS) is 12.0. The Hall–Kier alpha value is -3.65. The van der Waals surface area contributed by atoms with E-state index >= 15 is 0 Å². The van der Waals surface area contributed by atoms with Crippen LogP contribution in [0.1, 0.15) is 42.5 Å². The molecular formula is C30H37N3O4S. The molecule has 2 amide bonds. The summed E-state index contributed by atoms with van der Waals surface area (Å²) in [5, 5.41) is 2.82. The maximum atomic E-state index is 14.0. The third kappa shape index (κ3) is 6.61. The monoisotopic (exact) mass is 535 g/mol. The first-order valence-corrected chi connectivity index (χ1v) is 14.3. The van der Waals surface area contributed by atoms with E-state index in [1.807, 2.05) is 65.0 Å². The molecule has 0 saturated carbocycles. The molecule has 1 N–H and O–H groups in total. The van der Waals surface area contributed by atoms with Gasteiger partial charge in [-0.2, -0.15) is 0 Å². The molecule has 0 bridgehead atoms. The zero-order chi connectivity index (χ0) is 27.9. The number of anilines is 1. The Morgan fingerprint density at radius 2 is 1.50 bits per heavy atom. The predicted molar refractivity (Wildman–Crippen MR) is 151 cm³/mol. The Bertz CT molecular complexity index is 1370. The highest BCUT2D eigenvalue weighted by Crippen LogP contribution is 2.27. The second-order valence-electron chi connectivity index (χ2n) is 9.36. The third-order valence-electron chi connectivity index (χ3n) is 6.73. The molecule has 8 heteroatoms. The van der Waals surface area contributed by atoms with Crippen LogP contribution in [0.4, 0.5) is 5.69 Å². The van der Waals surface area contributed by atoms with Gasteiger partial charge in [-0.15, -0.1) is 0 Å². The van der Waals surface area contributed by atoms with Gasteiger partial charge in [0.2, 0.25) is 11.8 Å². The topological polar surface area (TPSA) is 86.8 Å². The average molecular weight is 536 g/mol. The second-order valence-corrected chi connectivity index (χ2v) is 11.2. The number of hydrogen-bond acceptors (Lipinski definition) is 4. The van der Waals surface area contributed by atoms with E-state index in [4.69, 9.17) is 0 Å². The van der Waals surface area contributed by atoms with Crippen LogP contribution in [0.3, 0.4) is 0 Å². The maximum absolute atomic E-state index is 14.0. The second kappa shape index (κ2) is 12.7. The molecule has 3 aromatic carbocycles. The number of likely N-dealkylation sites (N-methyl/N-ethyl adjacent to an activating group) is 1. The first-order chi connectivity index (χ1) is 18.1. The minimum Gasteiger partial charge on any atom is -0.355 e. The largest absolute Gasteiger partial charge is 0.355 e. The van der Waals surface area contributed by atoms with E-state index in [1.165, 1.54) is 17.0 Å². The van der Waals surface area contributed by atoms with E-state index in [2.05, 4.69) is 5.32 Å². The summed E-state index contributed by atoms with van der Waals surface area (Å²) < 4.78 is 28.8. The van der Waals surface area contributed by atoms with Crippen LogP contribution < -0.4 is 9.62 Å². The Balaban J connectivity index is 2.08. The van der Waals surface area contributed by atoms with Crippen LogP contribution >= 0.6 is 0 Å². The Morgan fingerprint density at radius 3 is 2.11 bits per heavy atom. The summed E-state index contributed by atoms with van der Waals surface area (Å²) in [6, 6.07) is 20.3. The molecule has 0 aliphatic heterocycles. The molecule has 0 radical (unpaired) electrons. The molecule has 0 heterocycles.